The summed E-state index contributed by atoms with van der Waals surface area (Å²) in [5.74, 6) is 3.34. The standard InChI is InChI=1S/C14H26N4/c1-6-10(3)8-11(4)16-14-9-13(15-7-2)17-12(5)18-14/h9-11H,6-8H2,1-5H3,(H2,15,16,17,18). The van der Waals surface area contributed by atoms with Crippen LogP contribution in [-0.2, 0) is 0 Å². The number of nitrogens with one attached hydrogen (secondary N) is 2. The molecule has 1 aromatic heterocycles. The molecular formula is C14H26N4. The van der Waals surface area contributed by atoms with Crippen LogP contribution in [0.2, 0.25) is 0 Å². The van der Waals surface area contributed by atoms with Gasteiger partial charge in [-0.05, 0) is 33.1 Å². The normalized spacial score (nSPS) is 14.1. The smallest absolute Gasteiger partial charge is 0.132 e. The van der Waals surface area contributed by atoms with Crippen LogP contribution in [0.3, 0.4) is 0 Å². The first-order valence-electron chi connectivity index (χ1n) is 6.91. The van der Waals surface area contributed by atoms with Gasteiger partial charge in [0.1, 0.15) is 17.5 Å². The summed E-state index contributed by atoms with van der Waals surface area (Å²) in [7, 11) is 0. The van der Waals surface area contributed by atoms with E-state index in [0.29, 0.717) is 6.04 Å². The predicted octanol–water partition coefficient (Wildman–Crippen LogP) is 3.45. The number of hydrogen-bond donors (Lipinski definition) is 2. The van der Waals surface area contributed by atoms with Gasteiger partial charge in [-0.3, -0.25) is 0 Å². The van der Waals surface area contributed by atoms with Crippen LogP contribution < -0.4 is 10.6 Å². The van der Waals surface area contributed by atoms with E-state index in [1.165, 1.54) is 6.42 Å². The Kier molecular flexibility index (Phi) is 5.89. The lowest BCUT2D eigenvalue weighted by Gasteiger charge is -2.18. The summed E-state index contributed by atoms with van der Waals surface area (Å²) >= 11 is 0. The molecule has 0 bridgehead atoms. The fourth-order valence-corrected chi connectivity index (χ4v) is 1.99. The Morgan fingerprint density at radius 2 is 1.83 bits per heavy atom. The van der Waals surface area contributed by atoms with Crippen LogP contribution in [0.15, 0.2) is 6.07 Å². The molecule has 2 N–H and O–H groups in total. The molecule has 0 amide bonds. The molecule has 18 heavy (non-hydrogen) atoms. The molecule has 0 fully saturated rings. The maximum Gasteiger partial charge on any atom is 0.132 e. The topological polar surface area (TPSA) is 49.8 Å². The second-order valence-corrected chi connectivity index (χ2v) is 5.01. The fourth-order valence-electron chi connectivity index (χ4n) is 1.99. The van der Waals surface area contributed by atoms with Crippen LogP contribution in [0, 0.1) is 12.8 Å². The minimum absolute atomic E-state index is 0.434. The molecule has 4 nitrogen and oxygen atoms in total. The van der Waals surface area contributed by atoms with Gasteiger partial charge in [0.25, 0.3) is 0 Å². The summed E-state index contributed by atoms with van der Waals surface area (Å²) in [5.41, 5.74) is 0. The van der Waals surface area contributed by atoms with Crippen molar-refractivity contribution in [3.05, 3.63) is 11.9 Å². The summed E-state index contributed by atoms with van der Waals surface area (Å²) in [6.45, 7) is 11.6. The third kappa shape index (κ3) is 4.90. The molecule has 0 radical (unpaired) electrons. The zero-order valence-electron chi connectivity index (χ0n) is 12.2. The molecule has 2 atom stereocenters. The van der Waals surface area contributed by atoms with E-state index in [-0.39, 0.29) is 0 Å². The molecule has 0 aliphatic heterocycles. The third-order valence-electron chi connectivity index (χ3n) is 3.04. The highest BCUT2D eigenvalue weighted by atomic mass is 15.1. The molecule has 1 heterocycles. The van der Waals surface area contributed by atoms with Gasteiger partial charge >= 0.3 is 0 Å². The van der Waals surface area contributed by atoms with Gasteiger partial charge in [0.05, 0.1) is 0 Å². The maximum absolute atomic E-state index is 4.43. The average molecular weight is 250 g/mol. The van der Waals surface area contributed by atoms with Crippen molar-refractivity contribution in [2.75, 3.05) is 17.2 Å². The number of aryl methyl sites for hydroxylation is 1. The Morgan fingerprint density at radius 1 is 1.17 bits per heavy atom. The van der Waals surface area contributed by atoms with Crippen LogP contribution in [0.25, 0.3) is 0 Å². The Balaban J connectivity index is 2.65. The number of aromatic nitrogens is 2. The molecule has 0 spiro atoms. The van der Waals surface area contributed by atoms with Gasteiger partial charge < -0.3 is 10.6 Å². The highest BCUT2D eigenvalue weighted by molar-refractivity contribution is 5.47. The third-order valence-corrected chi connectivity index (χ3v) is 3.04. The minimum atomic E-state index is 0.434. The number of nitrogens with zero attached hydrogens (tertiary/aromatic N) is 2. The molecule has 0 aromatic carbocycles. The van der Waals surface area contributed by atoms with Gasteiger partial charge in [0, 0.05) is 18.7 Å². The van der Waals surface area contributed by atoms with Crippen LogP contribution in [0.1, 0.15) is 46.4 Å². The van der Waals surface area contributed by atoms with Crippen LogP contribution in [-0.4, -0.2) is 22.6 Å². The Morgan fingerprint density at radius 3 is 2.44 bits per heavy atom. The number of anilines is 2. The molecule has 0 aliphatic carbocycles. The van der Waals surface area contributed by atoms with Crippen molar-refractivity contribution >= 4 is 11.6 Å². The average Bonchev–Trinajstić information content (AvgIpc) is 2.28. The van der Waals surface area contributed by atoms with Gasteiger partial charge in [0.15, 0.2) is 0 Å². The molecular weight excluding hydrogens is 224 g/mol. The largest absolute Gasteiger partial charge is 0.370 e. The second kappa shape index (κ2) is 7.19. The van der Waals surface area contributed by atoms with E-state index in [1.807, 2.05) is 13.0 Å². The van der Waals surface area contributed by atoms with E-state index in [4.69, 9.17) is 0 Å². The lowest BCUT2D eigenvalue weighted by molar-refractivity contribution is 0.483. The molecule has 2 unspecified atom stereocenters. The fraction of sp³-hybridized carbons (Fsp3) is 0.714. The molecule has 0 saturated carbocycles. The summed E-state index contributed by atoms with van der Waals surface area (Å²) in [4.78, 5) is 8.77. The molecule has 102 valence electrons. The van der Waals surface area contributed by atoms with Crippen LogP contribution in [0.5, 0.6) is 0 Å². The molecule has 4 heteroatoms. The van der Waals surface area contributed by atoms with Gasteiger partial charge in [0.2, 0.25) is 0 Å². The number of rotatable bonds is 7. The Hall–Kier alpha value is -1.32. The first kappa shape index (κ1) is 14.7. The van der Waals surface area contributed by atoms with Gasteiger partial charge in [-0.15, -0.1) is 0 Å². The summed E-state index contributed by atoms with van der Waals surface area (Å²) in [6.07, 6.45) is 2.38. The summed E-state index contributed by atoms with van der Waals surface area (Å²) < 4.78 is 0. The van der Waals surface area contributed by atoms with Crippen molar-refractivity contribution in [1.82, 2.24) is 9.97 Å². The van der Waals surface area contributed by atoms with Crippen molar-refractivity contribution in [3.8, 4) is 0 Å². The minimum Gasteiger partial charge on any atom is -0.370 e. The van der Waals surface area contributed by atoms with Crippen molar-refractivity contribution in [2.45, 2.75) is 53.5 Å². The van der Waals surface area contributed by atoms with Crippen molar-refractivity contribution in [1.29, 1.82) is 0 Å². The van der Waals surface area contributed by atoms with Gasteiger partial charge in [-0.2, -0.15) is 0 Å². The van der Waals surface area contributed by atoms with Crippen molar-refractivity contribution in [3.63, 3.8) is 0 Å². The van der Waals surface area contributed by atoms with E-state index in [9.17, 15) is 0 Å². The highest BCUT2D eigenvalue weighted by Gasteiger charge is 2.09. The first-order valence-corrected chi connectivity index (χ1v) is 6.91. The SMILES string of the molecule is CCNc1cc(NC(C)CC(C)CC)nc(C)n1. The molecule has 0 aliphatic rings. The van der Waals surface area contributed by atoms with E-state index in [2.05, 4.69) is 48.3 Å². The lowest BCUT2D eigenvalue weighted by atomic mass is 10.0. The van der Waals surface area contributed by atoms with E-state index < -0.39 is 0 Å². The highest BCUT2D eigenvalue weighted by Crippen LogP contribution is 2.16. The van der Waals surface area contributed by atoms with Gasteiger partial charge in [-0.25, -0.2) is 9.97 Å². The quantitative estimate of drug-likeness (QED) is 0.778. The summed E-state index contributed by atoms with van der Waals surface area (Å²) in [6, 6.07) is 2.41. The molecule has 0 saturated heterocycles. The zero-order chi connectivity index (χ0) is 13.5. The Labute approximate surface area is 111 Å². The Bertz CT molecular complexity index is 365. The van der Waals surface area contributed by atoms with Crippen LogP contribution in [0.4, 0.5) is 11.6 Å². The van der Waals surface area contributed by atoms with Gasteiger partial charge in [-0.1, -0.05) is 20.3 Å². The van der Waals surface area contributed by atoms with E-state index in [0.717, 1.165) is 36.3 Å². The van der Waals surface area contributed by atoms with E-state index >= 15 is 0 Å². The monoisotopic (exact) mass is 250 g/mol. The summed E-state index contributed by atoms with van der Waals surface area (Å²) in [5, 5.41) is 6.68. The first-order chi connectivity index (χ1) is 8.55. The predicted molar refractivity (Wildman–Crippen MR) is 78.1 cm³/mol. The maximum atomic E-state index is 4.43. The van der Waals surface area contributed by atoms with Crippen molar-refractivity contribution in [2.24, 2.45) is 5.92 Å². The number of hydrogen-bond acceptors (Lipinski definition) is 4. The molecule has 1 aromatic rings. The second-order valence-electron chi connectivity index (χ2n) is 5.01. The van der Waals surface area contributed by atoms with E-state index in [1.54, 1.807) is 0 Å². The zero-order valence-corrected chi connectivity index (χ0v) is 12.2. The lowest BCUT2D eigenvalue weighted by Crippen LogP contribution is -2.19. The van der Waals surface area contributed by atoms with Crippen molar-refractivity contribution < 1.29 is 0 Å². The molecule has 1 rings (SSSR count). The van der Waals surface area contributed by atoms with Crippen LogP contribution >= 0.6 is 0 Å².